The predicted octanol–water partition coefficient (Wildman–Crippen LogP) is 0.666. The van der Waals surface area contributed by atoms with Crippen LogP contribution in [0.4, 0.5) is 5.82 Å². The molecular formula is C10H8N2O3. The molecule has 0 aromatic carbocycles. The van der Waals surface area contributed by atoms with Crippen LogP contribution >= 0.6 is 0 Å². The van der Waals surface area contributed by atoms with E-state index in [1.807, 2.05) is 13.0 Å². The Morgan fingerprint density at radius 3 is 3.00 bits per heavy atom. The van der Waals surface area contributed by atoms with Crippen molar-refractivity contribution < 1.29 is 14.3 Å². The monoisotopic (exact) mass is 204 g/mol. The number of H-pyrrole nitrogens is 1. The number of carbonyl (C=O) groups excluding carboxylic acids is 2. The van der Waals surface area contributed by atoms with Gasteiger partial charge in [-0.3, -0.25) is 0 Å². The second-order valence-corrected chi connectivity index (χ2v) is 3.59. The van der Waals surface area contributed by atoms with Crippen molar-refractivity contribution in [3.63, 3.8) is 0 Å². The number of aromatic nitrogens is 1. The van der Waals surface area contributed by atoms with Gasteiger partial charge >= 0.3 is 11.9 Å². The molecule has 2 aliphatic rings. The van der Waals surface area contributed by atoms with Gasteiger partial charge in [0.1, 0.15) is 5.82 Å². The molecule has 1 atom stereocenters. The normalized spacial score (nSPS) is 23.4. The van der Waals surface area contributed by atoms with Crippen molar-refractivity contribution in [2.75, 3.05) is 5.32 Å². The number of fused-ring (bicyclic) bond motifs is 2. The highest BCUT2D eigenvalue weighted by Crippen LogP contribution is 2.36. The molecule has 15 heavy (non-hydrogen) atoms. The lowest BCUT2D eigenvalue weighted by atomic mass is 9.95. The smallest absolute Gasteiger partial charge is 0.344 e. The number of anilines is 1. The summed E-state index contributed by atoms with van der Waals surface area (Å²) in [6.45, 7) is 1.82. The Bertz CT molecular complexity index is 512. The molecule has 0 bridgehead atoms. The Balaban J connectivity index is 2.25. The molecule has 0 amide bonds. The molecule has 3 heterocycles. The van der Waals surface area contributed by atoms with Crippen LogP contribution in [-0.2, 0) is 14.3 Å². The fourth-order valence-electron chi connectivity index (χ4n) is 2.03. The first-order valence-electron chi connectivity index (χ1n) is 4.59. The third kappa shape index (κ3) is 0.918. The van der Waals surface area contributed by atoms with Gasteiger partial charge in [-0.1, -0.05) is 0 Å². The molecule has 1 saturated heterocycles. The zero-order valence-corrected chi connectivity index (χ0v) is 7.96. The van der Waals surface area contributed by atoms with Gasteiger partial charge in [-0.15, -0.1) is 0 Å². The van der Waals surface area contributed by atoms with E-state index in [2.05, 4.69) is 15.0 Å². The summed E-state index contributed by atoms with van der Waals surface area (Å²) < 4.78 is 4.57. The van der Waals surface area contributed by atoms with Crippen LogP contribution < -0.4 is 5.32 Å². The average molecular weight is 204 g/mol. The summed E-state index contributed by atoms with van der Waals surface area (Å²) in [6.07, 6.45) is 1.76. The van der Waals surface area contributed by atoms with Crippen molar-refractivity contribution >= 4 is 23.3 Å². The molecule has 5 nitrogen and oxygen atoms in total. The van der Waals surface area contributed by atoms with E-state index in [1.54, 1.807) is 6.20 Å². The Kier molecular flexibility index (Phi) is 1.38. The van der Waals surface area contributed by atoms with Gasteiger partial charge in [0.25, 0.3) is 0 Å². The van der Waals surface area contributed by atoms with Crippen LogP contribution in [0, 0.1) is 0 Å². The first-order valence-corrected chi connectivity index (χ1v) is 4.59. The number of rotatable bonds is 0. The number of cyclic esters (lactones) is 2. The van der Waals surface area contributed by atoms with Crippen LogP contribution in [0.2, 0.25) is 0 Å². The number of esters is 2. The lowest BCUT2D eigenvalue weighted by Crippen LogP contribution is -2.30. The Labute approximate surface area is 85.1 Å². The topological polar surface area (TPSA) is 71.2 Å². The number of ether oxygens (including phenoxy) is 1. The van der Waals surface area contributed by atoms with Crippen molar-refractivity contribution in [3.05, 3.63) is 23.4 Å². The highest BCUT2D eigenvalue weighted by Gasteiger charge is 2.43. The van der Waals surface area contributed by atoms with Crippen molar-refractivity contribution in [2.24, 2.45) is 0 Å². The second kappa shape index (κ2) is 2.50. The van der Waals surface area contributed by atoms with Crippen LogP contribution in [0.25, 0.3) is 5.57 Å². The first-order chi connectivity index (χ1) is 7.18. The van der Waals surface area contributed by atoms with Crippen molar-refractivity contribution in [2.45, 2.75) is 13.0 Å². The third-order valence-corrected chi connectivity index (χ3v) is 2.78. The summed E-state index contributed by atoms with van der Waals surface area (Å²) in [5, 5.41) is 2.94. The number of aromatic amines is 1. The highest BCUT2D eigenvalue weighted by molar-refractivity contribution is 6.16. The zero-order valence-electron chi connectivity index (χ0n) is 7.96. The minimum absolute atomic E-state index is 0.423. The number of nitrogens with one attached hydrogen (secondary N) is 2. The highest BCUT2D eigenvalue weighted by atomic mass is 16.6. The summed E-state index contributed by atoms with van der Waals surface area (Å²) in [5.74, 6) is -0.315. The number of carbonyl (C=O) groups is 2. The summed E-state index contributed by atoms with van der Waals surface area (Å²) >= 11 is 0. The molecule has 0 radical (unpaired) electrons. The van der Waals surface area contributed by atoms with Crippen LogP contribution in [0.5, 0.6) is 0 Å². The maximum atomic E-state index is 11.4. The lowest BCUT2D eigenvalue weighted by Gasteiger charge is -2.19. The van der Waals surface area contributed by atoms with E-state index in [0.717, 1.165) is 17.0 Å². The Morgan fingerprint density at radius 2 is 2.20 bits per heavy atom. The zero-order chi connectivity index (χ0) is 10.6. The molecule has 0 saturated carbocycles. The maximum Gasteiger partial charge on any atom is 0.344 e. The molecule has 2 aliphatic heterocycles. The van der Waals surface area contributed by atoms with Crippen LogP contribution in [0.3, 0.4) is 0 Å². The Hall–Kier alpha value is -2.04. The van der Waals surface area contributed by atoms with Crippen molar-refractivity contribution in [1.82, 2.24) is 4.98 Å². The third-order valence-electron chi connectivity index (χ3n) is 2.78. The fraction of sp³-hybridized carbons (Fsp3) is 0.200. The average Bonchev–Trinajstić information content (AvgIpc) is 2.73. The molecule has 2 N–H and O–H groups in total. The molecule has 3 rings (SSSR count). The van der Waals surface area contributed by atoms with Crippen molar-refractivity contribution in [1.29, 1.82) is 0 Å². The first kappa shape index (κ1) is 8.28. The summed E-state index contributed by atoms with van der Waals surface area (Å²) in [7, 11) is 0. The molecule has 5 heteroatoms. The molecule has 0 spiro atoms. The van der Waals surface area contributed by atoms with E-state index in [9.17, 15) is 9.59 Å². The van der Waals surface area contributed by atoms with E-state index >= 15 is 0 Å². The Morgan fingerprint density at radius 1 is 1.40 bits per heavy atom. The summed E-state index contributed by atoms with van der Waals surface area (Å²) in [5.41, 5.74) is 2.13. The number of hydrogen-bond acceptors (Lipinski definition) is 4. The minimum Gasteiger partial charge on any atom is -0.388 e. The van der Waals surface area contributed by atoms with Crippen LogP contribution in [-0.4, -0.2) is 23.0 Å². The molecule has 1 unspecified atom stereocenters. The molecule has 1 fully saturated rings. The molecule has 76 valence electrons. The lowest BCUT2D eigenvalue weighted by molar-refractivity contribution is -0.151. The molecule has 0 aliphatic carbocycles. The van der Waals surface area contributed by atoms with E-state index in [4.69, 9.17) is 0 Å². The van der Waals surface area contributed by atoms with Gasteiger partial charge in [0.05, 0.1) is 5.57 Å². The summed E-state index contributed by atoms with van der Waals surface area (Å²) in [4.78, 5) is 25.7. The molecular weight excluding hydrogens is 196 g/mol. The number of allylic oxidation sites excluding steroid dienone is 1. The van der Waals surface area contributed by atoms with Gasteiger partial charge < -0.3 is 15.0 Å². The standard InChI is InChI=1S/C10H8N2O3/c1-4-5-2-3-11-8(5)12-7-6(4)9(13)15-10(7)14/h2-3,7,11-12H,1H3. The second-order valence-electron chi connectivity index (χ2n) is 3.59. The minimum atomic E-state index is -0.649. The van der Waals surface area contributed by atoms with Crippen molar-refractivity contribution in [3.8, 4) is 0 Å². The van der Waals surface area contributed by atoms with Gasteiger partial charge in [-0.05, 0) is 18.6 Å². The van der Waals surface area contributed by atoms with Gasteiger partial charge in [-0.25, -0.2) is 9.59 Å². The fourth-order valence-corrected chi connectivity index (χ4v) is 2.03. The maximum absolute atomic E-state index is 11.4. The van der Waals surface area contributed by atoms with Gasteiger partial charge in [0.2, 0.25) is 0 Å². The van der Waals surface area contributed by atoms with Crippen LogP contribution in [0.1, 0.15) is 12.5 Å². The van der Waals surface area contributed by atoms with E-state index < -0.39 is 18.0 Å². The van der Waals surface area contributed by atoms with E-state index in [1.165, 1.54) is 0 Å². The SMILES string of the molecule is CC1=C2C(=O)OC(=O)C2Nc2[nH]ccc21. The van der Waals surface area contributed by atoms with Gasteiger partial charge in [-0.2, -0.15) is 0 Å². The van der Waals surface area contributed by atoms with E-state index in [0.29, 0.717) is 5.57 Å². The number of hydrogen-bond donors (Lipinski definition) is 2. The largest absolute Gasteiger partial charge is 0.388 e. The van der Waals surface area contributed by atoms with Crippen LogP contribution in [0.15, 0.2) is 17.8 Å². The molecule has 1 aromatic rings. The summed E-state index contributed by atoms with van der Waals surface area (Å²) in [6, 6.07) is 1.21. The predicted molar refractivity (Wildman–Crippen MR) is 51.9 cm³/mol. The molecule has 1 aromatic heterocycles. The quantitative estimate of drug-likeness (QED) is 0.481. The van der Waals surface area contributed by atoms with E-state index in [-0.39, 0.29) is 0 Å². The van der Waals surface area contributed by atoms with Gasteiger partial charge in [0, 0.05) is 11.8 Å². The van der Waals surface area contributed by atoms with Gasteiger partial charge in [0.15, 0.2) is 6.04 Å².